The lowest BCUT2D eigenvalue weighted by molar-refractivity contribution is 0.102. The molecule has 0 bridgehead atoms. The molecule has 6 aromatic rings. The highest BCUT2D eigenvalue weighted by Gasteiger charge is 2.36. The Labute approximate surface area is 351 Å². The van der Waals surface area contributed by atoms with Crippen molar-refractivity contribution in [3.05, 3.63) is 132 Å². The Balaban J connectivity index is 1.48. The largest absolute Gasteiger partial charge is 0.455 e. The SMILES string of the molecule is CCCCCCCCNC(=O)Nc1cc(Oc2ccccc2)c2nc(-c3ccccc3NS(=O)(=O)CCCC)c(C(=O)Nc3ccccc3)c3c2c1C(=O)c1ccccc1-3. The van der Waals surface area contributed by atoms with Gasteiger partial charge in [0.05, 0.1) is 33.9 Å². The van der Waals surface area contributed by atoms with Crippen molar-refractivity contribution in [2.75, 3.05) is 27.7 Å². The molecular formula is C48H49N5O6S. The second-order valence-electron chi connectivity index (χ2n) is 14.8. The van der Waals surface area contributed by atoms with E-state index in [9.17, 15) is 22.8 Å². The van der Waals surface area contributed by atoms with Crippen molar-refractivity contribution in [2.24, 2.45) is 0 Å². The Hall–Kier alpha value is -6.53. The van der Waals surface area contributed by atoms with E-state index < -0.39 is 22.0 Å². The molecule has 1 heterocycles. The number of hydrogen-bond donors (Lipinski definition) is 4. The van der Waals surface area contributed by atoms with Crippen molar-refractivity contribution in [2.45, 2.75) is 65.2 Å². The van der Waals surface area contributed by atoms with Crippen molar-refractivity contribution in [1.29, 1.82) is 0 Å². The first kappa shape index (κ1) is 41.6. The summed E-state index contributed by atoms with van der Waals surface area (Å²) in [5.41, 5.74) is 3.08. The third-order valence-electron chi connectivity index (χ3n) is 10.4. The number of amides is 3. The molecule has 308 valence electrons. The summed E-state index contributed by atoms with van der Waals surface area (Å²) in [4.78, 5) is 48.5. The zero-order valence-electron chi connectivity index (χ0n) is 33.8. The number of anilines is 3. The van der Waals surface area contributed by atoms with Crippen molar-refractivity contribution in [3.63, 3.8) is 0 Å². The predicted molar refractivity (Wildman–Crippen MR) is 240 cm³/mol. The van der Waals surface area contributed by atoms with Gasteiger partial charge in [-0.25, -0.2) is 18.2 Å². The van der Waals surface area contributed by atoms with Gasteiger partial charge < -0.3 is 20.7 Å². The van der Waals surface area contributed by atoms with Crippen molar-refractivity contribution in [3.8, 4) is 33.9 Å². The van der Waals surface area contributed by atoms with Gasteiger partial charge in [0, 0.05) is 40.4 Å². The Kier molecular flexibility index (Phi) is 13.2. The topological polar surface area (TPSA) is 156 Å². The molecule has 7 rings (SSSR count). The molecule has 60 heavy (non-hydrogen) atoms. The highest BCUT2D eigenvalue weighted by molar-refractivity contribution is 7.92. The van der Waals surface area contributed by atoms with Gasteiger partial charge in [0.15, 0.2) is 11.5 Å². The third-order valence-corrected chi connectivity index (χ3v) is 11.8. The average Bonchev–Trinajstić information content (AvgIpc) is 3.25. The maximum Gasteiger partial charge on any atom is 0.319 e. The number of fused-ring (bicyclic) bond motifs is 2. The van der Waals surface area contributed by atoms with E-state index in [0.717, 1.165) is 32.1 Å². The molecule has 5 aromatic carbocycles. The summed E-state index contributed by atoms with van der Waals surface area (Å²) in [6.45, 7) is 4.54. The number of urea groups is 1. The van der Waals surface area contributed by atoms with Gasteiger partial charge in [0.2, 0.25) is 10.0 Å². The maximum atomic E-state index is 15.0. The normalized spacial score (nSPS) is 11.8. The molecule has 0 saturated heterocycles. The number of carbonyl (C=O) groups excluding carboxylic acids is 3. The molecule has 0 radical (unpaired) electrons. The number of aromatic nitrogens is 1. The Morgan fingerprint density at radius 2 is 1.30 bits per heavy atom. The minimum Gasteiger partial charge on any atom is -0.455 e. The fraction of sp³-hybridized carbons (Fsp3) is 0.250. The fourth-order valence-corrected chi connectivity index (χ4v) is 8.76. The summed E-state index contributed by atoms with van der Waals surface area (Å²) in [5, 5.41) is 9.22. The summed E-state index contributed by atoms with van der Waals surface area (Å²) in [7, 11) is -3.79. The zero-order valence-corrected chi connectivity index (χ0v) is 34.7. The number of benzene rings is 5. The highest BCUT2D eigenvalue weighted by atomic mass is 32.2. The molecular weight excluding hydrogens is 775 g/mol. The Morgan fingerprint density at radius 3 is 2.03 bits per heavy atom. The molecule has 11 nitrogen and oxygen atoms in total. The van der Waals surface area contributed by atoms with Crippen LogP contribution in [0.1, 0.15) is 91.5 Å². The van der Waals surface area contributed by atoms with E-state index in [1.165, 1.54) is 6.42 Å². The van der Waals surface area contributed by atoms with Crippen LogP contribution in [0.3, 0.4) is 0 Å². The molecule has 0 saturated carbocycles. The molecule has 0 aliphatic heterocycles. The molecule has 0 fully saturated rings. The number of rotatable bonds is 18. The molecule has 1 aromatic heterocycles. The number of ether oxygens (including phenoxy) is 1. The highest BCUT2D eigenvalue weighted by Crippen LogP contribution is 2.50. The molecule has 0 atom stereocenters. The zero-order chi connectivity index (χ0) is 42.1. The summed E-state index contributed by atoms with van der Waals surface area (Å²) in [6, 6.07) is 32.9. The van der Waals surface area contributed by atoms with Gasteiger partial charge in [-0.1, -0.05) is 131 Å². The molecule has 1 aliphatic rings. The van der Waals surface area contributed by atoms with Crippen LogP contribution in [0.2, 0.25) is 0 Å². The average molecular weight is 824 g/mol. The second-order valence-corrected chi connectivity index (χ2v) is 16.7. The summed E-state index contributed by atoms with van der Waals surface area (Å²) in [5.74, 6) is -0.328. The van der Waals surface area contributed by atoms with Crippen molar-refractivity contribution < 1.29 is 27.5 Å². The van der Waals surface area contributed by atoms with E-state index in [1.54, 1.807) is 91.0 Å². The van der Waals surface area contributed by atoms with Gasteiger partial charge in [0.1, 0.15) is 11.3 Å². The van der Waals surface area contributed by atoms with Gasteiger partial charge in [-0.3, -0.25) is 14.3 Å². The standard InChI is InChI=1S/C48H49N5O6S/c1-3-5-7-8-9-20-29-49-48(56)51-38-31-39(59-33-23-14-11-15-24-33)45-42-40(34-25-16-17-26-35(34)46(54)41(38)42)43(47(55)50-32-21-12-10-13-22-32)44(52-45)36-27-18-19-28-37(36)53-60(57,58)30-6-4-2/h10-19,21-28,31,53H,3-9,20,29-30H2,1-2H3,(H,50,55)(H2,49,51,56). The monoisotopic (exact) mass is 823 g/mol. The fourth-order valence-electron chi connectivity index (χ4n) is 7.48. The third kappa shape index (κ3) is 9.34. The van der Waals surface area contributed by atoms with Crippen molar-refractivity contribution in [1.82, 2.24) is 10.3 Å². The minimum atomic E-state index is -3.79. The molecule has 0 spiro atoms. The lowest BCUT2D eigenvalue weighted by atomic mass is 9.79. The number of carbonyl (C=O) groups is 3. The predicted octanol–water partition coefficient (Wildman–Crippen LogP) is 11.2. The number of hydrogen-bond acceptors (Lipinski definition) is 7. The van der Waals surface area contributed by atoms with Crippen LogP contribution in [0.25, 0.3) is 33.3 Å². The number of pyridine rings is 1. The first-order valence-corrected chi connectivity index (χ1v) is 22.3. The van der Waals surface area contributed by atoms with Crippen molar-refractivity contribution >= 4 is 55.7 Å². The van der Waals surface area contributed by atoms with Gasteiger partial charge in [-0.15, -0.1) is 0 Å². The Morgan fingerprint density at radius 1 is 0.667 bits per heavy atom. The van der Waals surface area contributed by atoms with Crippen LogP contribution in [0.15, 0.2) is 115 Å². The van der Waals surface area contributed by atoms with Crippen LogP contribution in [0.5, 0.6) is 11.5 Å². The summed E-state index contributed by atoms with van der Waals surface area (Å²) in [6.07, 6.45) is 7.52. The van der Waals surface area contributed by atoms with E-state index >= 15 is 0 Å². The number of para-hydroxylation sites is 3. The number of nitrogens with zero attached hydrogens (tertiary/aromatic N) is 1. The quantitative estimate of drug-likeness (QED) is 0.0628. The summed E-state index contributed by atoms with van der Waals surface area (Å²) >= 11 is 0. The Bertz CT molecular complexity index is 2630. The van der Waals surface area contributed by atoms with E-state index in [2.05, 4.69) is 27.6 Å². The maximum absolute atomic E-state index is 15.0. The summed E-state index contributed by atoms with van der Waals surface area (Å²) < 4.78 is 36.1. The van der Waals surface area contributed by atoms with Gasteiger partial charge in [0.25, 0.3) is 5.91 Å². The number of unbranched alkanes of at least 4 members (excludes halogenated alkanes) is 6. The van der Waals surface area contributed by atoms with Gasteiger partial charge >= 0.3 is 6.03 Å². The van der Waals surface area contributed by atoms with E-state index in [0.29, 0.717) is 58.5 Å². The number of nitrogens with one attached hydrogen (secondary N) is 4. The smallest absolute Gasteiger partial charge is 0.319 e. The van der Waals surface area contributed by atoms with E-state index in [1.807, 2.05) is 31.2 Å². The number of ketones is 1. The number of sulfonamides is 1. The van der Waals surface area contributed by atoms with Gasteiger partial charge in [-0.2, -0.15) is 0 Å². The lowest BCUT2D eigenvalue weighted by Gasteiger charge is -2.27. The van der Waals surface area contributed by atoms with E-state index in [4.69, 9.17) is 9.72 Å². The van der Waals surface area contributed by atoms with Crippen LogP contribution in [-0.4, -0.2) is 43.4 Å². The second kappa shape index (κ2) is 19.0. The van der Waals surface area contributed by atoms with E-state index in [-0.39, 0.29) is 51.0 Å². The van der Waals surface area contributed by atoms with Gasteiger partial charge in [-0.05, 0) is 48.7 Å². The van der Waals surface area contributed by atoms with Crippen LogP contribution in [0.4, 0.5) is 21.9 Å². The molecule has 0 unspecified atom stereocenters. The van der Waals surface area contributed by atoms with Crippen LogP contribution in [0, 0.1) is 0 Å². The molecule has 12 heteroatoms. The first-order valence-electron chi connectivity index (χ1n) is 20.6. The molecule has 1 aliphatic carbocycles. The van der Waals surface area contributed by atoms with Crippen LogP contribution in [-0.2, 0) is 10.0 Å². The first-order chi connectivity index (χ1) is 29.2. The molecule has 3 amide bonds. The minimum absolute atomic E-state index is 0.0915. The van der Waals surface area contributed by atoms with Crippen LogP contribution < -0.4 is 25.4 Å². The molecule has 4 N–H and O–H groups in total. The van der Waals surface area contributed by atoms with Crippen LogP contribution >= 0.6 is 0 Å². The lowest BCUT2D eigenvalue weighted by Crippen LogP contribution is -2.30.